The summed E-state index contributed by atoms with van der Waals surface area (Å²) in [5, 5.41) is 14.3. The van der Waals surface area contributed by atoms with E-state index in [0.29, 0.717) is 0 Å². The number of nitro benzene ring substituents is 1. The molecular weight excluding hydrogens is 551 g/mol. The van der Waals surface area contributed by atoms with Crippen molar-refractivity contribution in [3.8, 4) is 0 Å². The van der Waals surface area contributed by atoms with Gasteiger partial charge in [0.15, 0.2) is 5.76 Å². The number of fused-ring (bicyclic) bond motifs is 1. The number of rotatable bonds is 6. The number of para-hydroxylation sites is 1. The molecule has 18 heteroatoms. The van der Waals surface area contributed by atoms with Crippen LogP contribution in [-0.4, -0.2) is 46.4 Å². The first-order chi connectivity index (χ1) is 18.0. The van der Waals surface area contributed by atoms with E-state index in [9.17, 15) is 55.2 Å². The van der Waals surface area contributed by atoms with Crippen molar-refractivity contribution in [3.05, 3.63) is 62.6 Å². The number of amides is 3. The zero-order valence-corrected chi connectivity index (χ0v) is 19.4. The normalized spacial score (nSPS) is 14.9. The molecule has 0 aliphatic heterocycles. The van der Waals surface area contributed by atoms with Crippen molar-refractivity contribution < 1.29 is 54.5 Å². The minimum Gasteiger partial charge on any atom is -0.455 e. The van der Waals surface area contributed by atoms with Crippen molar-refractivity contribution in [1.29, 1.82) is 0 Å². The lowest BCUT2D eigenvalue weighted by Gasteiger charge is -2.26. The zero-order chi connectivity index (χ0) is 29.3. The van der Waals surface area contributed by atoms with Crippen molar-refractivity contribution >= 4 is 29.1 Å². The number of benzene rings is 1. The number of halogens is 7. The highest BCUT2D eigenvalue weighted by Gasteiger charge is 2.76. The Morgan fingerprint density at radius 1 is 1.00 bits per heavy atom. The van der Waals surface area contributed by atoms with Crippen LogP contribution >= 0.6 is 0 Å². The largest absolute Gasteiger partial charge is 0.460 e. The van der Waals surface area contributed by atoms with E-state index < -0.39 is 52.1 Å². The molecule has 3 rings (SSSR count). The lowest BCUT2D eigenvalue weighted by atomic mass is 9.93. The van der Waals surface area contributed by atoms with E-state index >= 15 is 0 Å². The SMILES string of the molecule is Cc1c(C(=O)NNC(=O)c2ccccc2[N+](=O)[O-])oc2c1/C(=N/NC(=O)C(F)(F)C(F)(F)C(F)(F)F)CCC2. The van der Waals surface area contributed by atoms with E-state index in [-0.39, 0.29) is 47.4 Å². The summed E-state index contributed by atoms with van der Waals surface area (Å²) in [5.41, 5.74) is 3.78. The van der Waals surface area contributed by atoms with Gasteiger partial charge in [-0.2, -0.15) is 35.8 Å². The average molecular weight is 567 g/mol. The van der Waals surface area contributed by atoms with Crippen LogP contribution < -0.4 is 16.3 Å². The van der Waals surface area contributed by atoms with E-state index in [2.05, 4.69) is 5.10 Å². The summed E-state index contributed by atoms with van der Waals surface area (Å²) >= 11 is 0. The maximum absolute atomic E-state index is 13.6. The number of aryl methyl sites for hydroxylation is 1. The standard InChI is InChI=1S/C21H16F7N5O6/c1-9-14-11(29-32-18(36)19(22,23)20(24,25)21(26,27)28)6-4-8-13(14)39-15(9)17(35)31-30-16(34)10-5-2-3-7-12(10)33(37)38/h2-3,5,7H,4,6,8H2,1H3,(H,30,34)(H,31,35)(H,32,36)/b29-11+. The summed E-state index contributed by atoms with van der Waals surface area (Å²) in [6.45, 7) is 1.29. The molecule has 1 aliphatic rings. The Kier molecular flexibility index (Phi) is 7.70. The number of hydrogen-bond donors (Lipinski definition) is 3. The van der Waals surface area contributed by atoms with Crippen LogP contribution in [0.3, 0.4) is 0 Å². The fourth-order valence-electron chi connectivity index (χ4n) is 3.57. The van der Waals surface area contributed by atoms with Crippen molar-refractivity contribution in [3.63, 3.8) is 0 Å². The van der Waals surface area contributed by atoms with Crippen LogP contribution in [0.1, 0.15) is 50.6 Å². The van der Waals surface area contributed by atoms with Gasteiger partial charge in [0.05, 0.1) is 10.6 Å². The monoisotopic (exact) mass is 567 g/mol. The second kappa shape index (κ2) is 10.3. The number of hydrogen-bond acceptors (Lipinski definition) is 7. The van der Waals surface area contributed by atoms with Crippen LogP contribution in [0.15, 0.2) is 33.8 Å². The zero-order valence-electron chi connectivity index (χ0n) is 19.4. The maximum atomic E-state index is 13.6. The maximum Gasteiger partial charge on any atom is 0.460 e. The number of carbonyl (C=O) groups excluding carboxylic acids is 3. The van der Waals surface area contributed by atoms with E-state index in [4.69, 9.17) is 4.42 Å². The molecule has 0 radical (unpaired) electrons. The average Bonchev–Trinajstić information content (AvgIpc) is 3.21. The molecule has 0 spiro atoms. The Balaban J connectivity index is 1.79. The second-order valence-corrected chi connectivity index (χ2v) is 8.04. The number of alkyl halides is 7. The van der Waals surface area contributed by atoms with Gasteiger partial charge in [-0.1, -0.05) is 12.1 Å². The lowest BCUT2D eigenvalue weighted by molar-refractivity contribution is -0.385. The fourth-order valence-corrected chi connectivity index (χ4v) is 3.57. The van der Waals surface area contributed by atoms with Gasteiger partial charge in [-0.3, -0.25) is 35.3 Å². The number of nitrogens with one attached hydrogen (secondary N) is 3. The van der Waals surface area contributed by atoms with Crippen LogP contribution in [0.5, 0.6) is 0 Å². The molecule has 3 N–H and O–H groups in total. The molecule has 210 valence electrons. The third-order valence-electron chi connectivity index (χ3n) is 5.49. The van der Waals surface area contributed by atoms with Crippen molar-refractivity contribution in [1.82, 2.24) is 16.3 Å². The number of nitrogens with zero attached hydrogens (tertiary/aromatic N) is 2. The molecule has 1 aromatic heterocycles. The summed E-state index contributed by atoms with van der Waals surface area (Å²) in [6, 6.07) is 4.84. The predicted octanol–water partition coefficient (Wildman–Crippen LogP) is 3.56. The highest BCUT2D eigenvalue weighted by Crippen LogP contribution is 2.46. The van der Waals surface area contributed by atoms with Gasteiger partial charge in [0.2, 0.25) is 0 Å². The third kappa shape index (κ3) is 5.39. The minimum atomic E-state index is -6.72. The molecule has 2 aromatic rings. The summed E-state index contributed by atoms with van der Waals surface area (Å²) in [7, 11) is 0. The molecule has 1 aliphatic carbocycles. The molecule has 3 amide bonds. The van der Waals surface area contributed by atoms with Gasteiger partial charge in [0.1, 0.15) is 11.3 Å². The molecule has 0 bridgehead atoms. The first-order valence-corrected chi connectivity index (χ1v) is 10.7. The molecule has 1 aromatic carbocycles. The Bertz CT molecular complexity index is 1370. The molecule has 0 saturated carbocycles. The molecule has 0 fully saturated rings. The molecule has 0 saturated heterocycles. The van der Waals surface area contributed by atoms with E-state index in [1.165, 1.54) is 19.1 Å². The van der Waals surface area contributed by atoms with Crippen LogP contribution in [0, 0.1) is 17.0 Å². The smallest absolute Gasteiger partial charge is 0.455 e. The number of carbonyl (C=O) groups is 3. The van der Waals surface area contributed by atoms with Gasteiger partial charge in [0, 0.05) is 23.6 Å². The van der Waals surface area contributed by atoms with Crippen LogP contribution in [0.2, 0.25) is 0 Å². The van der Waals surface area contributed by atoms with Gasteiger partial charge >= 0.3 is 29.8 Å². The number of furan rings is 1. The first kappa shape index (κ1) is 29.1. The number of hydrazine groups is 1. The predicted molar refractivity (Wildman–Crippen MR) is 115 cm³/mol. The van der Waals surface area contributed by atoms with Gasteiger partial charge < -0.3 is 4.42 Å². The molecule has 11 nitrogen and oxygen atoms in total. The minimum absolute atomic E-state index is 0.00233. The fraction of sp³-hybridized carbons (Fsp3) is 0.333. The summed E-state index contributed by atoms with van der Waals surface area (Å²) in [5.74, 6) is -18.4. The number of hydrazone groups is 1. The highest BCUT2D eigenvalue weighted by molar-refractivity contribution is 6.07. The first-order valence-electron chi connectivity index (χ1n) is 10.7. The Hall–Kier alpha value is -4.51. The van der Waals surface area contributed by atoms with E-state index in [1.807, 2.05) is 10.9 Å². The lowest BCUT2D eigenvalue weighted by Crippen LogP contribution is -2.58. The molecule has 0 atom stereocenters. The summed E-state index contributed by atoms with van der Waals surface area (Å²) in [6.07, 6.45) is -6.41. The molecule has 1 heterocycles. The van der Waals surface area contributed by atoms with Crippen molar-refractivity contribution in [2.24, 2.45) is 5.10 Å². The summed E-state index contributed by atoms with van der Waals surface area (Å²) < 4.78 is 95.8. The van der Waals surface area contributed by atoms with E-state index in [0.717, 1.165) is 17.6 Å². The van der Waals surface area contributed by atoms with Crippen LogP contribution in [-0.2, 0) is 11.2 Å². The van der Waals surface area contributed by atoms with Crippen molar-refractivity contribution in [2.45, 2.75) is 44.2 Å². The van der Waals surface area contributed by atoms with Gasteiger partial charge in [-0.15, -0.1) is 0 Å². The van der Waals surface area contributed by atoms with Crippen LogP contribution in [0.4, 0.5) is 36.4 Å². The van der Waals surface area contributed by atoms with Gasteiger partial charge in [0.25, 0.3) is 11.6 Å². The topological polar surface area (TPSA) is 156 Å². The molecular formula is C21H16F7N5O6. The third-order valence-corrected chi connectivity index (χ3v) is 5.49. The molecule has 39 heavy (non-hydrogen) atoms. The molecule has 0 unspecified atom stereocenters. The van der Waals surface area contributed by atoms with Crippen LogP contribution in [0.25, 0.3) is 0 Å². The highest BCUT2D eigenvalue weighted by atomic mass is 19.4. The van der Waals surface area contributed by atoms with E-state index in [1.54, 1.807) is 0 Å². The van der Waals surface area contributed by atoms with Gasteiger partial charge in [-0.05, 0) is 25.8 Å². The Labute approximate surface area is 212 Å². The van der Waals surface area contributed by atoms with Gasteiger partial charge in [-0.25, -0.2) is 5.43 Å². The Morgan fingerprint density at radius 3 is 2.23 bits per heavy atom. The van der Waals surface area contributed by atoms with Crippen molar-refractivity contribution in [2.75, 3.05) is 0 Å². The Morgan fingerprint density at radius 2 is 1.62 bits per heavy atom. The second-order valence-electron chi connectivity index (χ2n) is 8.04. The number of nitro groups is 1. The quantitative estimate of drug-likeness (QED) is 0.275. The summed E-state index contributed by atoms with van der Waals surface area (Å²) in [4.78, 5) is 46.7.